The van der Waals surface area contributed by atoms with Gasteiger partial charge in [0.05, 0.1) is 13.2 Å². The number of hydrogen-bond acceptors (Lipinski definition) is 6. The van der Waals surface area contributed by atoms with Gasteiger partial charge < -0.3 is 19.7 Å². The van der Waals surface area contributed by atoms with E-state index in [0.717, 1.165) is 25.7 Å². The van der Waals surface area contributed by atoms with Gasteiger partial charge in [-0.1, -0.05) is 110 Å². The highest BCUT2D eigenvalue weighted by atomic mass is 16.5. The molecule has 6 nitrogen and oxygen atoms in total. The number of carbonyl (C=O) groups is 2. The maximum atomic E-state index is 11.4. The molecular formula is C27H54O6. The fourth-order valence-corrected chi connectivity index (χ4v) is 3.31. The highest BCUT2D eigenvalue weighted by Crippen LogP contribution is 2.13. The summed E-state index contributed by atoms with van der Waals surface area (Å²) in [4.78, 5) is 21.5. The molecule has 0 spiro atoms. The highest BCUT2D eigenvalue weighted by molar-refractivity contribution is 5.69. The van der Waals surface area contributed by atoms with E-state index in [1.54, 1.807) is 0 Å². The summed E-state index contributed by atoms with van der Waals surface area (Å²) < 4.78 is 9.51. The highest BCUT2D eigenvalue weighted by Gasteiger charge is 2.07. The summed E-state index contributed by atoms with van der Waals surface area (Å²) in [6.45, 7) is 5.85. The van der Waals surface area contributed by atoms with Crippen molar-refractivity contribution in [2.75, 3.05) is 19.8 Å². The Morgan fingerprint density at radius 1 is 0.667 bits per heavy atom. The minimum absolute atomic E-state index is 0.103. The molecule has 0 heterocycles. The lowest BCUT2D eigenvalue weighted by Crippen LogP contribution is -2.21. The van der Waals surface area contributed by atoms with E-state index >= 15 is 0 Å². The largest absolute Gasteiger partial charge is 0.466 e. The van der Waals surface area contributed by atoms with Gasteiger partial charge in [-0.3, -0.25) is 9.59 Å². The lowest BCUT2D eigenvalue weighted by atomic mass is 10.0. The van der Waals surface area contributed by atoms with Crippen LogP contribution in [0, 0.1) is 0 Å². The summed E-state index contributed by atoms with van der Waals surface area (Å²) in [7, 11) is 0. The Morgan fingerprint density at radius 3 is 1.48 bits per heavy atom. The van der Waals surface area contributed by atoms with Crippen molar-refractivity contribution in [1.29, 1.82) is 0 Å². The van der Waals surface area contributed by atoms with Crippen molar-refractivity contribution in [1.82, 2.24) is 0 Å². The quantitative estimate of drug-likeness (QED) is 0.137. The summed E-state index contributed by atoms with van der Waals surface area (Å²) in [6, 6.07) is 0. The summed E-state index contributed by atoms with van der Waals surface area (Å²) in [6.07, 6.45) is 21.1. The van der Waals surface area contributed by atoms with Gasteiger partial charge in [-0.25, -0.2) is 0 Å². The van der Waals surface area contributed by atoms with Crippen LogP contribution in [0.25, 0.3) is 0 Å². The zero-order valence-corrected chi connectivity index (χ0v) is 22.0. The van der Waals surface area contributed by atoms with Crippen LogP contribution in [0.5, 0.6) is 0 Å². The van der Waals surface area contributed by atoms with E-state index in [9.17, 15) is 9.59 Å². The van der Waals surface area contributed by atoms with Crippen LogP contribution in [-0.2, 0) is 19.1 Å². The van der Waals surface area contributed by atoms with Crippen LogP contribution in [0.3, 0.4) is 0 Å². The number of aliphatic hydroxyl groups is 2. The van der Waals surface area contributed by atoms with E-state index in [1.165, 1.54) is 90.4 Å². The molecule has 0 aliphatic rings. The van der Waals surface area contributed by atoms with E-state index in [-0.39, 0.29) is 25.2 Å². The first-order valence-electron chi connectivity index (χ1n) is 13.6. The fourth-order valence-electron chi connectivity index (χ4n) is 3.31. The molecule has 0 bridgehead atoms. The Bertz CT molecular complexity index is 413. The van der Waals surface area contributed by atoms with Crippen molar-refractivity contribution >= 4 is 11.9 Å². The van der Waals surface area contributed by atoms with Crippen LogP contribution in [0.1, 0.15) is 136 Å². The molecule has 2 N–H and O–H groups in total. The normalized spacial score (nSPS) is 11.4. The summed E-state index contributed by atoms with van der Waals surface area (Å²) in [5, 5.41) is 17.7. The second-order valence-electron chi connectivity index (χ2n) is 8.91. The smallest absolute Gasteiger partial charge is 0.305 e. The Morgan fingerprint density at radius 2 is 1.09 bits per heavy atom. The molecule has 0 saturated heterocycles. The van der Waals surface area contributed by atoms with E-state index < -0.39 is 6.10 Å². The summed E-state index contributed by atoms with van der Waals surface area (Å²) in [5.41, 5.74) is 0. The van der Waals surface area contributed by atoms with Gasteiger partial charge in [0.25, 0.3) is 0 Å². The van der Waals surface area contributed by atoms with Crippen molar-refractivity contribution in [3.8, 4) is 0 Å². The zero-order valence-electron chi connectivity index (χ0n) is 22.0. The van der Waals surface area contributed by atoms with Crippen molar-refractivity contribution in [2.24, 2.45) is 0 Å². The third-order valence-electron chi connectivity index (χ3n) is 5.44. The molecule has 0 radical (unpaired) electrons. The standard InChI is InChI=1S/C21H42O4.C6H12O2/c1-2-3-4-5-6-7-8-9-10-11-12-13-14-15-16-17-21(24)25-19-20(23)18-22;1-3-4-5-8-6(2)7/h20,22-23H,2-19H2,1H3;3-5H2,1-2H3. The van der Waals surface area contributed by atoms with Gasteiger partial charge in [0.1, 0.15) is 12.7 Å². The molecule has 0 rings (SSSR count). The minimum Gasteiger partial charge on any atom is -0.466 e. The van der Waals surface area contributed by atoms with Crippen LogP contribution in [0.2, 0.25) is 0 Å². The van der Waals surface area contributed by atoms with Crippen molar-refractivity contribution < 1.29 is 29.3 Å². The summed E-state index contributed by atoms with van der Waals surface area (Å²) >= 11 is 0. The molecule has 0 saturated carbocycles. The average Bonchev–Trinajstić information content (AvgIpc) is 2.80. The number of hydrogen-bond donors (Lipinski definition) is 2. The molecule has 1 atom stereocenters. The molecule has 0 fully saturated rings. The number of aliphatic hydroxyl groups excluding tert-OH is 2. The van der Waals surface area contributed by atoms with Crippen LogP contribution < -0.4 is 0 Å². The second-order valence-corrected chi connectivity index (χ2v) is 8.91. The topological polar surface area (TPSA) is 93.1 Å². The predicted octanol–water partition coefficient (Wildman–Crippen LogP) is 6.49. The van der Waals surface area contributed by atoms with Gasteiger partial charge in [-0.2, -0.15) is 0 Å². The summed E-state index contributed by atoms with van der Waals surface area (Å²) in [5.74, 6) is -0.458. The lowest BCUT2D eigenvalue weighted by Gasteiger charge is -2.08. The van der Waals surface area contributed by atoms with E-state index in [2.05, 4.69) is 18.6 Å². The molecule has 33 heavy (non-hydrogen) atoms. The number of ether oxygens (including phenoxy) is 2. The Labute approximate surface area is 203 Å². The van der Waals surface area contributed by atoms with Gasteiger partial charge in [0, 0.05) is 13.3 Å². The maximum Gasteiger partial charge on any atom is 0.305 e. The van der Waals surface area contributed by atoms with Gasteiger partial charge in [0.15, 0.2) is 0 Å². The van der Waals surface area contributed by atoms with Gasteiger partial charge in [-0.05, 0) is 12.8 Å². The molecule has 6 heteroatoms. The molecule has 0 aliphatic heterocycles. The Kier molecular flexibility index (Phi) is 29.8. The Balaban J connectivity index is 0. The number of esters is 2. The molecule has 1 unspecified atom stereocenters. The molecule has 0 aliphatic carbocycles. The molecule has 0 amide bonds. The fraction of sp³-hybridized carbons (Fsp3) is 0.926. The zero-order chi connectivity index (χ0) is 25.0. The third-order valence-corrected chi connectivity index (χ3v) is 5.44. The van der Waals surface area contributed by atoms with Gasteiger partial charge >= 0.3 is 11.9 Å². The SMILES string of the molecule is CCCCCCCCCCCCCCCCCC(=O)OCC(O)CO.CCCCOC(C)=O. The van der Waals surface area contributed by atoms with Crippen molar-refractivity contribution in [3.05, 3.63) is 0 Å². The predicted molar refractivity (Wildman–Crippen MR) is 135 cm³/mol. The molecule has 0 aromatic rings. The maximum absolute atomic E-state index is 11.4. The number of carbonyl (C=O) groups excluding carboxylic acids is 2. The average molecular weight is 475 g/mol. The third kappa shape index (κ3) is 33.1. The van der Waals surface area contributed by atoms with E-state index in [1.807, 2.05) is 0 Å². The van der Waals surface area contributed by atoms with Crippen molar-refractivity contribution in [2.45, 2.75) is 142 Å². The first kappa shape index (κ1) is 34.0. The minimum atomic E-state index is -0.954. The van der Waals surface area contributed by atoms with Gasteiger partial charge in [-0.15, -0.1) is 0 Å². The Hall–Kier alpha value is -1.14. The molecule has 0 aromatic carbocycles. The monoisotopic (exact) mass is 474 g/mol. The first-order valence-corrected chi connectivity index (χ1v) is 13.6. The van der Waals surface area contributed by atoms with Crippen LogP contribution in [-0.4, -0.2) is 48.1 Å². The molecule has 0 aromatic heterocycles. The van der Waals surface area contributed by atoms with Crippen LogP contribution >= 0.6 is 0 Å². The molecule has 198 valence electrons. The first-order chi connectivity index (χ1) is 16.0. The van der Waals surface area contributed by atoms with Crippen LogP contribution in [0.4, 0.5) is 0 Å². The van der Waals surface area contributed by atoms with E-state index in [0.29, 0.717) is 13.0 Å². The lowest BCUT2D eigenvalue weighted by molar-refractivity contribution is -0.147. The van der Waals surface area contributed by atoms with Crippen LogP contribution in [0.15, 0.2) is 0 Å². The second kappa shape index (κ2) is 28.9. The van der Waals surface area contributed by atoms with Crippen molar-refractivity contribution in [3.63, 3.8) is 0 Å². The van der Waals surface area contributed by atoms with Gasteiger partial charge in [0.2, 0.25) is 0 Å². The number of unbranched alkanes of at least 4 members (excludes halogenated alkanes) is 15. The molecular weight excluding hydrogens is 420 g/mol. The van der Waals surface area contributed by atoms with E-state index in [4.69, 9.17) is 14.9 Å². The number of rotatable bonds is 22.